The summed E-state index contributed by atoms with van der Waals surface area (Å²) in [5.41, 5.74) is -0.0650. The standard InChI is InChI=1S/C12H18N2O4/c1-12(2)8-14(6-9(18-12)7-16-3)11(15)10-4-5-17-13-10/h4-5,9H,6-8H2,1-3H3. The summed E-state index contributed by atoms with van der Waals surface area (Å²) in [6.07, 6.45) is 1.28. The van der Waals surface area contributed by atoms with E-state index in [-0.39, 0.29) is 17.6 Å². The van der Waals surface area contributed by atoms with E-state index >= 15 is 0 Å². The minimum absolute atomic E-state index is 0.116. The van der Waals surface area contributed by atoms with E-state index in [4.69, 9.17) is 14.0 Å². The van der Waals surface area contributed by atoms with Crippen molar-refractivity contribution in [3.8, 4) is 0 Å². The van der Waals surface area contributed by atoms with E-state index in [0.717, 1.165) is 0 Å². The molecule has 1 saturated heterocycles. The molecule has 1 aromatic heterocycles. The number of hydrogen-bond donors (Lipinski definition) is 0. The number of nitrogens with zero attached hydrogens (tertiary/aromatic N) is 2. The van der Waals surface area contributed by atoms with Gasteiger partial charge < -0.3 is 18.9 Å². The van der Waals surface area contributed by atoms with Crippen LogP contribution in [0.3, 0.4) is 0 Å². The predicted molar refractivity (Wildman–Crippen MR) is 63.2 cm³/mol. The summed E-state index contributed by atoms with van der Waals surface area (Å²) in [4.78, 5) is 13.9. The number of rotatable bonds is 3. The van der Waals surface area contributed by atoms with Gasteiger partial charge in [-0.3, -0.25) is 4.79 Å². The molecule has 1 fully saturated rings. The molecular weight excluding hydrogens is 236 g/mol. The number of carbonyl (C=O) groups is 1. The van der Waals surface area contributed by atoms with Crippen molar-refractivity contribution >= 4 is 5.91 Å². The number of ether oxygens (including phenoxy) is 2. The predicted octanol–water partition coefficient (Wildman–Crippen LogP) is 0.941. The van der Waals surface area contributed by atoms with Crippen LogP contribution in [-0.2, 0) is 9.47 Å². The SMILES string of the molecule is COCC1CN(C(=O)c2ccon2)CC(C)(C)O1. The first-order chi connectivity index (χ1) is 8.52. The van der Waals surface area contributed by atoms with Gasteiger partial charge in [-0.15, -0.1) is 0 Å². The first-order valence-corrected chi connectivity index (χ1v) is 5.88. The van der Waals surface area contributed by atoms with Crippen molar-refractivity contribution in [1.82, 2.24) is 10.1 Å². The second kappa shape index (κ2) is 5.07. The highest BCUT2D eigenvalue weighted by Crippen LogP contribution is 2.22. The average Bonchev–Trinajstić information content (AvgIpc) is 2.79. The minimum Gasteiger partial charge on any atom is -0.382 e. The van der Waals surface area contributed by atoms with Crippen molar-refractivity contribution < 1.29 is 18.8 Å². The monoisotopic (exact) mass is 254 g/mol. The van der Waals surface area contributed by atoms with Crippen LogP contribution in [0.5, 0.6) is 0 Å². The summed E-state index contributed by atoms with van der Waals surface area (Å²) < 4.78 is 15.6. The average molecular weight is 254 g/mol. The molecule has 0 radical (unpaired) electrons. The van der Waals surface area contributed by atoms with Crippen LogP contribution in [0.2, 0.25) is 0 Å². The summed E-state index contributed by atoms with van der Waals surface area (Å²) >= 11 is 0. The molecule has 0 aliphatic carbocycles. The number of amides is 1. The van der Waals surface area contributed by atoms with Crippen LogP contribution in [0.4, 0.5) is 0 Å². The zero-order valence-corrected chi connectivity index (χ0v) is 10.9. The maximum absolute atomic E-state index is 12.2. The molecule has 0 saturated carbocycles. The van der Waals surface area contributed by atoms with Gasteiger partial charge in [-0.2, -0.15) is 0 Å². The zero-order chi connectivity index (χ0) is 13.2. The van der Waals surface area contributed by atoms with E-state index in [0.29, 0.717) is 25.4 Å². The van der Waals surface area contributed by atoms with Crippen molar-refractivity contribution in [1.29, 1.82) is 0 Å². The fourth-order valence-electron chi connectivity index (χ4n) is 2.21. The third kappa shape index (κ3) is 2.88. The van der Waals surface area contributed by atoms with Gasteiger partial charge in [0.15, 0.2) is 5.69 Å². The second-order valence-electron chi connectivity index (χ2n) is 5.03. The molecule has 2 rings (SSSR count). The summed E-state index contributed by atoms with van der Waals surface area (Å²) in [5.74, 6) is -0.138. The zero-order valence-electron chi connectivity index (χ0n) is 10.9. The van der Waals surface area contributed by atoms with Gasteiger partial charge in [0.1, 0.15) is 6.26 Å². The molecule has 0 bridgehead atoms. The van der Waals surface area contributed by atoms with Crippen molar-refractivity contribution in [3.63, 3.8) is 0 Å². The van der Waals surface area contributed by atoms with Crippen LogP contribution < -0.4 is 0 Å². The van der Waals surface area contributed by atoms with E-state index < -0.39 is 0 Å². The van der Waals surface area contributed by atoms with Gasteiger partial charge in [-0.05, 0) is 13.8 Å². The molecule has 100 valence electrons. The molecule has 1 amide bonds. The number of aromatic nitrogens is 1. The van der Waals surface area contributed by atoms with E-state index in [2.05, 4.69) is 5.16 Å². The van der Waals surface area contributed by atoms with Crippen molar-refractivity contribution in [2.45, 2.75) is 25.6 Å². The van der Waals surface area contributed by atoms with Gasteiger partial charge in [0.2, 0.25) is 0 Å². The first-order valence-electron chi connectivity index (χ1n) is 5.88. The molecular formula is C12H18N2O4. The molecule has 6 heteroatoms. The first kappa shape index (κ1) is 13.0. The molecule has 1 aliphatic heterocycles. The lowest BCUT2D eigenvalue weighted by molar-refractivity contribution is -0.143. The summed E-state index contributed by atoms with van der Waals surface area (Å²) in [7, 11) is 1.62. The van der Waals surface area contributed by atoms with E-state index in [1.165, 1.54) is 6.26 Å². The number of hydrogen-bond acceptors (Lipinski definition) is 5. The van der Waals surface area contributed by atoms with Crippen LogP contribution in [0.1, 0.15) is 24.3 Å². The van der Waals surface area contributed by atoms with Gasteiger partial charge in [-0.1, -0.05) is 5.16 Å². The Morgan fingerprint density at radius 3 is 3.06 bits per heavy atom. The number of methoxy groups -OCH3 is 1. The van der Waals surface area contributed by atoms with Gasteiger partial charge in [0.25, 0.3) is 5.91 Å². The van der Waals surface area contributed by atoms with Gasteiger partial charge >= 0.3 is 0 Å². The van der Waals surface area contributed by atoms with Crippen LogP contribution in [0, 0.1) is 0 Å². The third-order valence-electron chi connectivity index (χ3n) is 2.78. The Kier molecular flexibility index (Phi) is 3.68. The Balaban J connectivity index is 2.10. The smallest absolute Gasteiger partial charge is 0.276 e. The molecule has 0 spiro atoms. The van der Waals surface area contributed by atoms with Crippen LogP contribution >= 0.6 is 0 Å². The molecule has 0 aromatic carbocycles. The maximum atomic E-state index is 12.2. The lowest BCUT2D eigenvalue weighted by Crippen LogP contribution is -2.55. The van der Waals surface area contributed by atoms with Crippen LogP contribution in [0.15, 0.2) is 16.9 Å². The quantitative estimate of drug-likeness (QED) is 0.803. The Morgan fingerprint density at radius 1 is 1.67 bits per heavy atom. The highest BCUT2D eigenvalue weighted by Gasteiger charge is 2.36. The Morgan fingerprint density at radius 2 is 2.44 bits per heavy atom. The molecule has 2 heterocycles. The van der Waals surface area contributed by atoms with Gasteiger partial charge in [0, 0.05) is 26.3 Å². The number of morpholine rings is 1. The van der Waals surface area contributed by atoms with E-state index in [1.54, 1.807) is 18.1 Å². The molecule has 0 N–H and O–H groups in total. The van der Waals surface area contributed by atoms with E-state index in [9.17, 15) is 4.79 Å². The fourth-order valence-corrected chi connectivity index (χ4v) is 2.21. The van der Waals surface area contributed by atoms with Gasteiger partial charge in [-0.25, -0.2) is 0 Å². The van der Waals surface area contributed by atoms with Crippen LogP contribution in [-0.4, -0.2) is 54.5 Å². The molecule has 1 aliphatic rings. The molecule has 1 aromatic rings. The molecule has 6 nitrogen and oxygen atoms in total. The third-order valence-corrected chi connectivity index (χ3v) is 2.78. The van der Waals surface area contributed by atoms with Crippen molar-refractivity contribution in [2.24, 2.45) is 0 Å². The lowest BCUT2D eigenvalue weighted by atomic mass is 10.0. The normalized spacial score (nSPS) is 23.1. The minimum atomic E-state index is -0.388. The highest BCUT2D eigenvalue weighted by molar-refractivity contribution is 5.92. The Bertz CT molecular complexity index is 402. The van der Waals surface area contributed by atoms with Crippen molar-refractivity contribution in [2.75, 3.05) is 26.8 Å². The Hall–Kier alpha value is -1.40. The fraction of sp³-hybridized carbons (Fsp3) is 0.667. The van der Waals surface area contributed by atoms with Crippen molar-refractivity contribution in [3.05, 3.63) is 18.0 Å². The van der Waals surface area contributed by atoms with E-state index in [1.807, 2.05) is 13.8 Å². The Labute approximate surface area is 106 Å². The summed E-state index contributed by atoms with van der Waals surface area (Å²) in [6.45, 7) is 5.41. The maximum Gasteiger partial charge on any atom is 0.276 e. The highest BCUT2D eigenvalue weighted by atomic mass is 16.5. The summed E-state index contributed by atoms with van der Waals surface area (Å²) in [5, 5.41) is 3.67. The van der Waals surface area contributed by atoms with Crippen LogP contribution in [0.25, 0.3) is 0 Å². The molecule has 1 atom stereocenters. The lowest BCUT2D eigenvalue weighted by Gasteiger charge is -2.42. The number of carbonyl (C=O) groups excluding carboxylic acids is 1. The topological polar surface area (TPSA) is 64.8 Å². The van der Waals surface area contributed by atoms with Gasteiger partial charge in [0.05, 0.1) is 18.3 Å². The largest absolute Gasteiger partial charge is 0.382 e. The molecule has 18 heavy (non-hydrogen) atoms. The molecule has 1 unspecified atom stereocenters. The summed E-state index contributed by atoms with van der Waals surface area (Å²) in [6, 6.07) is 1.57. The second-order valence-corrected chi connectivity index (χ2v) is 5.03.